The van der Waals surface area contributed by atoms with Gasteiger partial charge in [0.05, 0.1) is 6.54 Å². The van der Waals surface area contributed by atoms with Crippen molar-refractivity contribution in [2.24, 2.45) is 0 Å². The number of nitrogens with one attached hydrogen (secondary N) is 1. The van der Waals surface area contributed by atoms with Gasteiger partial charge in [0, 0.05) is 11.6 Å². The van der Waals surface area contributed by atoms with Crippen LogP contribution in [0.5, 0.6) is 0 Å². The van der Waals surface area contributed by atoms with Crippen molar-refractivity contribution in [3.63, 3.8) is 0 Å². The first kappa shape index (κ1) is 24.7. The standard InChI is InChI=1S/C29H34FNO2/c1-21(31-20-28(32)33-29(2,3)4)25(17-15-22-11-7-5-8-12-22)24-16-18-26(27(30)19-24)23-13-9-6-10-14-23/h5-14,16,18-19,21,25,31H,15,17,20H2,1-4H3/t21-,25+/m0/s1. The maximum absolute atomic E-state index is 15.1. The first-order valence-corrected chi connectivity index (χ1v) is 11.6. The summed E-state index contributed by atoms with van der Waals surface area (Å²) in [6.07, 6.45) is 1.70. The van der Waals surface area contributed by atoms with Crippen LogP contribution in [0.25, 0.3) is 11.1 Å². The van der Waals surface area contributed by atoms with E-state index in [0.717, 1.165) is 24.0 Å². The molecule has 0 saturated carbocycles. The van der Waals surface area contributed by atoms with E-state index in [9.17, 15) is 4.79 Å². The molecule has 4 heteroatoms. The van der Waals surface area contributed by atoms with Crippen LogP contribution in [0.1, 0.15) is 51.2 Å². The number of carbonyl (C=O) groups excluding carboxylic acids is 1. The highest BCUT2D eigenvalue weighted by Crippen LogP contribution is 2.30. The van der Waals surface area contributed by atoms with Crippen molar-refractivity contribution in [1.82, 2.24) is 5.32 Å². The molecule has 2 atom stereocenters. The lowest BCUT2D eigenvalue weighted by Crippen LogP contribution is -2.39. The average molecular weight is 448 g/mol. The maximum atomic E-state index is 15.1. The quantitative estimate of drug-likeness (QED) is 0.379. The molecule has 0 spiro atoms. The average Bonchev–Trinajstić information content (AvgIpc) is 2.78. The lowest BCUT2D eigenvalue weighted by molar-refractivity contribution is -0.153. The SMILES string of the molecule is C[C@H](NCC(=O)OC(C)(C)C)[C@@H](CCc1ccccc1)c1ccc(-c2ccccc2)c(F)c1. The lowest BCUT2D eigenvalue weighted by atomic mass is 9.86. The van der Waals surface area contributed by atoms with Crippen LogP contribution in [0, 0.1) is 5.82 Å². The van der Waals surface area contributed by atoms with Gasteiger partial charge in [-0.1, -0.05) is 72.8 Å². The van der Waals surface area contributed by atoms with Crippen LogP contribution in [-0.2, 0) is 16.0 Å². The third-order valence-electron chi connectivity index (χ3n) is 5.68. The number of esters is 1. The molecule has 3 aromatic rings. The van der Waals surface area contributed by atoms with Crippen molar-refractivity contribution >= 4 is 5.97 Å². The molecule has 3 rings (SSSR count). The summed E-state index contributed by atoms with van der Waals surface area (Å²) in [5, 5.41) is 3.31. The van der Waals surface area contributed by atoms with Crippen LogP contribution in [0.2, 0.25) is 0 Å². The van der Waals surface area contributed by atoms with E-state index in [4.69, 9.17) is 4.74 Å². The van der Waals surface area contributed by atoms with Crippen LogP contribution in [0.15, 0.2) is 78.9 Å². The number of ether oxygens (including phenoxy) is 1. The first-order valence-electron chi connectivity index (χ1n) is 11.6. The molecule has 0 bridgehead atoms. The van der Waals surface area contributed by atoms with E-state index in [1.807, 2.05) is 88.4 Å². The van der Waals surface area contributed by atoms with Crippen LogP contribution in [0.3, 0.4) is 0 Å². The summed E-state index contributed by atoms with van der Waals surface area (Å²) in [5.74, 6) is -0.489. The Balaban J connectivity index is 1.78. The van der Waals surface area contributed by atoms with Gasteiger partial charge in [0.25, 0.3) is 0 Å². The molecule has 0 aliphatic carbocycles. The summed E-state index contributed by atoms with van der Waals surface area (Å²) in [7, 11) is 0. The maximum Gasteiger partial charge on any atom is 0.320 e. The second-order valence-corrected chi connectivity index (χ2v) is 9.49. The second-order valence-electron chi connectivity index (χ2n) is 9.49. The Morgan fingerprint density at radius 2 is 1.61 bits per heavy atom. The minimum absolute atomic E-state index is 0.0342. The highest BCUT2D eigenvalue weighted by molar-refractivity contribution is 5.72. The molecule has 174 valence electrons. The van der Waals surface area contributed by atoms with Gasteiger partial charge in [0.1, 0.15) is 11.4 Å². The lowest BCUT2D eigenvalue weighted by Gasteiger charge is -2.27. The number of rotatable bonds is 9. The fourth-order valence-electron chi connectivity index (χ4n) is 4.05. The smallest absolute Gasteiger partial charge is 0.320 e. The molecule has 0 aliphatic rings. The Kier molecular flexibility index (Phi) is 8.40. The predicted molar refractivity (Wildman–Crippen MR) is 133 cm³/mol. The molecular weight excluding hydrogens is 413 g/mol. The summed E-state index contributed by atoms with van der Waals surface area (Å²) < 4.78 is 20.6. The van der Waals surface area contributed by atoms with Crippen molar-refractivity contribution < 1.29 is 13.9 Å². The first-order chi connectivity index (χ1) is 15.7. The van der Waals surface area contributed by atoms with E-state index in [2.05, 4.69) is 17.4 Å². The molecule has 0 saturated heterocycles. The number of aryl methyl sites for hydroxylation is 1. The van der Waals surface area contributed by atoms with E-state index < -0.39 is 5.60 Å². The van der Waals surface area contributed by atoms with E-state index in [-0.39, 0.29) is 30.3 Å². The molecular formula is C29H34FNO2. The van der Waals surface area contributed by atoms with Crippen molar-refractivity contribution in [2.45, 2.75) is 58.1 Å². The van der Waals surface area contributed by atoms with Gasteiger partial charge in [0.2, 0.25) is 0 Å². The molecule has 3 aromatic carbocycles. The Labute approximate surface area is 197 Å². The zero-order chi connectivity index (χ0) is 23.8. The van der Waals surface area contributed by atoms with Gasteiger partial charge in [-0.05, 0) is 69.2 Å². The van der Waals surface area contributed by atoms with Crippen molar-refractivity contribution in [2.75, 3.05) is 6.54 Å². The fourth-order valence-corrected chi connectivity index (χ4v) is 4.05. The Morgan fingerprint density at radius 1 is 0.970 bits per heavy atom. The number of hydrogen-bond acceptors (Lipinski definition) is 3. The largest absolute Gasteiger partial charge is 0.459 e. The highest BCUT2D eigenvalue weighted by Gasteiger charge is 2.23. The molecule has 33 heavy (non-hydrogen) atoms. The Hall–Kier alpha value is -2.98. The zero-order valence-electron chi connectivity index (χ0n) is 20.0. The predicted octanol–water partition coefficient (Wildman–Crippen LogP) is 6.53. The number of halogens is 1. The monoisotopic (exact) mass is 447 g/mol. The van der Waals surface area contributed by atoms with E-state index in [1.165, 1.54) is 5.56 Å². The molecule has 0 unspecified atom stereocenters. The summed E-state index contributed by atoms with van der Waals surface area (Å²) in [6.45, 7) is 7.73. The van der Waals surface area contributed by atoms with Gasteiger partial charge in [-0.3, -0.25) is 4.79 Å². The van der Waals surface area contributed by atoms with Gasteiger partial charge in [-0.25, -0.2) is 4.39 Å². The zero-order valence-corrected chi connectivity index (χ0v) is 20.0. The van der Waals surface area contributed by atoms with Gasteiger partial charge in [-0.2, -0.15) is 0 Å². The minimum Gasteiger partial charge on any atom is -0.459 e. The highest BCUT2D eigenvalue weighted by atomic mass is 19.1. The van der Waals surface area contributed by atoms with Crippen LogP contribution in [-0.4, -0.2) is 24.2 Å². The van der Waals surface area contributed by atoms with Crippen molar-refractivity contribution in [1.29, 1.82) is 0 Å². The van der Waals surface area contributed by atoms with Crippen molar-refractivity contribution in [3.8, 4) is 11.1 Å². The molecule has 0 radical (unpaired) electrons. The van der Waals surface area contributed by atoms with Gasteiger partial charge < -0.3 is 10.1 Å². The normalized spacial score (nSPS) is 13.4. The van der Waals surface area contributed by atoms with Crippen LogP contribution in [0.4, 0.5) is 4.39 Å². The molecule has 3 nitrogen and oxygen atoms in total. The van der Waals surface area contributed by atoms with E-state index in [1.54, 1.807) is 6.07 Å². The summed E-state index contributed by atoms with van der Waals surface area (Å²) >= 11 is 0. The Bertz CT molecular complexity index is 1030. The fraction of sp³-hybridized carbons (Fsp3) is 0.345. The molecule has 0 aromatic heterocycles. The molecule has 0 fully saturated rings. The molecule has 0 heterocycles. The van der Waals surface area contributed by atoms with Gasteiger partial charge >= 0.3 is 5.97 Å². The summed E-state index contributed by atoms with van der Waals surface area (Å²) in [4.78, 5) is 12.2. The topological polar surface area (TPSA) is 38.3 Å². The van der Waals surface area contributed by atoms with Crippen molar-refractivity contribution in [3.05, 3.63) is 95.8 Å². The Morgan fingerprint density at radius 3 is 2.21 bits per heavy atom. The molecule has 1 N–H and O–H groups in total. The van der Waals surface area contributed by atoms with E-state index >= 15 is 4.39 Å². The van der Waals surface area contributed by atoms with Gasteiger partial charge in [-0.15, -0.1) is 0 Å². The number of benzene rings is 3. The summed E-state index contributed by atoms with van der Waals surface area (Å²) in [5.41, 5.74) is 3.09. The summed E-state index contributed by atoms with van der Waals surface area (Å²) in [6, 6.07) is 25.3. The van der Waals surface area contributed by atoms with Crippen LogP contribution >= 0.6 is 0 Å². The number of hydrogen-bond donors (Lipinski definition) is 1. The molecule has 0 aliphatic heterocycles. The second kappa shape index (κ2) is 11.2. The third-order valence-corrected chi connectivity index (χ3v) is 5.68. The third kappa shape index (κ3) is 7.54. The van der Waals surface area contributed by atoms with Gasteiger partial charge in [0.15, 0.2) is 0 Å². The molecule has 0 amide bonds. The van der Waals surface area contributed by atoms with Crippen LogP contribution < -0.4 is 5.32 Å². The minimum atomic E-state index is -0.523. The number of carbonyl (C=O) groups is 1. The van der Waals surface area contributed by atoms with E-state index in [0.29, 0.717) is 5.56 Å².